The molecule has 190 valence electrons. The van der Waals surface area contributed by atoms with E-state index in [0.29, 0.717) is 22.3 Å². The van der Waals surface area contributed by atoms with Crippen molar-refractivity contribution >= 4 is 74.6 Å². The van der Waals surface area contributed by atoms with Crippen molar-refractivity contribution in [3.8, 4) is 22.3 Å². The first-order valence-electron chi connectivity index (χ1n) is 17.5. The molecule has 1 heteroatoms. The van der Waals surface area contributed by atoms with Crippen LogP contribution < -0.4 is 0 Å². The quantitative estimate of drug-likeness (QED) is 0.150. The Kier molecular flexibility index (Phi) is 3.49. The predicted octanol–water partition coefficient (Wildman–Crippen LogP) is 12.0. The first kappa shape index (κ1) is 16.3. The fourth-order valence-electron chi connectivity index (χ4n) is 6.33. The van der Waals surface area contributed by atoms with Crippen LogP contribution in [0.25, 0.3) is 85.5 Å². The smallest absolute Gasteiger partial charge is 0.0629 e. The van der Waals surface area contributed by atoms with Crippen LogP contribution in [0.1, 0.15) is 11.0 Å². The molecule has 0 aliphatic heterocycles. The standard InChI is InChI=1S/C40H24S/c1-2-12-27-25(11-1)23-36(29-14-4-3-13-28(27)29)40-33-18-7-5-16-31(33)39(32-17-6-8-19-34(32)40)26-21-22-38-35(24-26)30-15-9-10-20-37(30)41-38/h1-24H/i5D,6D,7D,8D,16D,17D,18D,19D. The molecule has 0 atom stereocenters. The van der Waals surface area contributed by atoms with Gasteiger partial charge in [-0.3, -0.25) is 0 Å². The van der Waals surface area contributed by atoms with Gasteiger partial charge in [-0.15, -0.1) is 11.3 Å². The first-order chi connectivity index (χ1) is 23.7. The van der Waals surface area contributed by atoms with Crippen LogP contribution in [0.3, 0.4) is 0 Å². The van der Waals surface area contributed by atoms with Crippen molar-refractivity contribution in [1.82, 2.24) is 0 Å². The van der Waals surface area contributed by atoms with Gasteiger partial charge in [-0.1, -0.05) is 121 Å². The molecule has 0 bridgehead atoms. The van der Waals surface area contributed by atoms with Crippen molar-refractivity contribution in [3.05, 3.63) is 145 Å². The fraction of sp³-hybridized carbons (Fsp3) is 0. The molecule has 1 heterocycles. The molecule has 0 nitrogen and oxygen atoms in total. The molecule has 0 amide bonds. The van der Waals surface area contributed by atoms with E-state index in [1.54, 1.807) is 11.3 Å². The third-order valence-corrected chi connectivity index (χ3v) is 9.23. The predicted molar refractivity (Wildman–Crippen MR) is 180 cm³/mol. The maximum Gasteiger partial charge on any atom is 0.0629 e. The summed E-state index contributed by atoms with van der Waals surface area (Å²) in [7, 11) is 0. The summed E-state index contributed by atoms with van der Waals surface area (Å²) in [5.74, 6) is 0. The second-order valence-electron chi connectivity index (χ2n) is 10.3. The van der Waals surface area contributed by atoms with Crippen LogP contribution in [0.2, 0.25) is 0 Å². The Morgan fingerprint density at radius 2 is 0.976 bits per heavy atom. The maximum absolute atomic E-state index is 9.37. The molecule has 0 radical (unpaired) electrons. The summed E-state index contributed by atoms with van der Waals surface area (Å²) in [6, 6.07) is 28.9. The molecule has 0 spiro atoms. The van der Waals surface area contributed by atoms with Gasteiger partial charge in [0.15, 0.2) is 0 Å². The van der Waals surface area contributed by atoms with Gasteiger partial charge in [0.05, 0.1) is 11.0 Å². The second-order valence-corrected chi connectivity index (χ2v) is 11.3. The zero-order valence-corrected chi connectivity index (χ0v) is 22.5. The van der Waals surface area contributed by atoms with Crippen molar-refractivity contribution in [1.29, 1.82) is 0 Å². The number of hydrogen-bond donors (Lipinski definition) is 0. The summed E-state index contributed by atoms with van der Waals surface area (Å²) < 4.78 is 74.8. The molecule has 0 saturated carbocycles. The van der Waals surface area contributed by atoms with Gasteiger partial charge >= 0.3 is 0 Å². The van der Waals surface area contributed by atoms with Gasteiger partial charge < -0.3 is 0 Å². The van der Waals surface area contributed by atoms with E-state index < -0.39 is 24.2 Å². The molecule has 0 fully saturated rings. The van der Waals surface area contributed by atoms with E-state index >= 15 is 0 Å². The Bertz CT molecular complexity index is 2850. The molecule has 41 heavy (non-hydrogen) atoms. The molecule has 0 aliphatic carbocycles. The molecule has 0 saturated heterocycles. The van der Waals surface area contributed by atoms with Crippen molar-refractivity contribution in [2.24, 2.45) is 0 Å². The van der Waals surface area contributed by atoms with Gasteiger partial charge in [0, 0.05) is 20.2 Å². The summed E-state index contributed by atoms with van der Waals surface area (Å²) in [5, 5.41) is 6.52. The number of hydrogen-bond acceptors (Lipinski definition) is 1. The molecule has 0 N–H and O–H groups in total. The van der Waals surface area contributed by atoms with Crippen LogP contribution in [-0.4, -0.2) is 0 Å². The Labute approximate surface area is 253 Å². The summed E-state index contributed by atoms with van der Waals surface area (Å²) in [5.41, 5.74) is 1.95. The zero-order valence-electron chi connectivity index (χ0n) is 29.6. The Hall–Kier alpha value is -4.98. The minimum Gasteiger partial charge on any atom is -0.135 e. The van der Waals surface area contributed by atoms with Crippen LogP contribution in [0, 0.1) is 0 Å². The minimum absolute atomic E-state index is 0.217. The van der Waals surface area contributed by atoms with Crippen molar-refractivity contribution < 1.29 is 11.0 Å². The lowest BCUT2D eigenvalue weighted by Crippen LogP contribution is -1.92. The van der Waals surface area contributed by atoms with E-state index in [1.165, 1.54) is 0 Å². The van der Waals surface area contributed by atoms with Crippen LogP contribution in [-0.2, 0) is 0 Å². The number of fused-ring (bicyclic) bond motifs is 8. The zero-order chi connectivity index (χ0) is 33.9. The van der Waals surface area contributed by atoms with E-state index in [-0.39, 0.29) is 45.7 Å². The van der Waals surface area contributed by atoms with Gasteiger partial charge in [-0.05, 0) is 89.6 Å². The van der Waals surface area contributed by atoms with Gasteiger partial charge in [-0.25, -0.2) is 0 Å². The Morgan fingerprint density at radius 1 is 0.415 bits per heavy atom. The first-order valence-corrected chi connectivity index (χ1v) is 14.3. The average molecular weight is 545 g/mol. The third kappa shape index (κ3) is 3.33. The highest BCUT2D eigenvalue weighted by molar-refractivity contribution is 7.25. The number of rotatable bonds is 2. The van der Waals surface area contributed by atoms with Crippen molar-refractivity contribution in [2.75, 3.05) is 0 Å². The largest absolute Gasteiger partial charge is 0.135 e. The monoisotopic (exact) mass is 544 g/mol. The van der Waals surface area contributed by atoms with Crippen LogP contribution in [0.4, 0.5) is 0 Å². The van der Waals surface area contributed by atoms with E-state index in [1.807, 2.05) is 91.0 Å². The van der Waals surface area contributed by atoms with Crippen LogP contribution in [0.15, 0.2) is 145 Å². The van der Waals surface area contributed by atoms with Crippen molar-refractivity contribution in [3.63, 3.8) is 0 Å². The summed E-state index contributed by atoms with van der Waals surface area (Å²) in [6.07, 6.45) is 0. The maximum atomic E-state index is 9.37. The summed E-state index contributed by atoms with van der Waals surface area (Å²) in [6.45, 7) is 0. The van der Waals surface area contributed by atoms with E-state index in [9.17, 15) is 5.48 Å². The van der Waals surface area contributed by atoms with E-state index in [0.717, 1.165) is 41.7 Å². The normalized spacial score (nSPS) is 14.6. The van der Waals surface area contributed by atoms with Gasteiger partial charge in [-0.2, -0.15) is 0 Å². The highest BCUT2D eigenvalue weighted by atomic mass is 32.1. The van der Waals surface area contributed by atoms with Crippen molar-refractivity contribution in [2.45, 2.75) is 0 Å². The highest BCUT2D eigenvalue weighted by Gasteiger charge is 2.19. The lowest BCUT2D eigenvalue weighted by molar-refractivity contribution is 1.70. The van der Waals surface area contributed by atoms with Gasteiger partial charge in [0.2, 0.25) is 0 Å². The lowest BCUT2D eigenvalue weighted by atomic mass is 9.83. The third-order valence-electron chi connectivity index (χ3n) is 8.08. The highest BCUT2D eigenvalue weighted by Crippen LogP contribution is 2.47. The SMILES string of the molecule is [2H]c1c([2H])c([2H])c2c(-c3cc4ccccc4c4ccccc34)c3c([2H])c([2H])c([2H])c([2H])c3c(-c3ccc4sc5ccccc5c4c3)c2c1[2H]. The van der Waals surface area contributed by atoms with E-state index in [2.05, 4.69) is 6.07 Å². The van der Waals surface area contributed by atoms with Gasteiger partial charge in [0.1, 0.15) is 0 Å². The van der Waals surface area contributed by atoms with Crippen LogP contribution in [0.5, 0.6) is 0 Å². The molecule has 9 rings (SSSR count). The van der Waals surface area contributed by atoms with Gasteiger partial charge in [0.25, 0.3) is 0 Å². The fourth-order valence-corrected chi connectivity index (χ4v) is 7.41. The topological polar surface area (TPSA) is 0 Å². The summed E-state index contributed by atoms with van der Waals surface area (Å²) >= 11 is 1.65. The Balaban J connectivity index is 1.59. The molecule has 0 unspecified atom stereocenters. The second kappa shape index (κ2) is 8.76. The molecule has 8 aromatic carbocycles. The minimum atomic E-state index is -0.408. The molecular weight excluding hydrogens is 513 g/mol. The lowest BCUT2D eigenvalue weighted by Gasteiger charge is -2.19. The molecule has 9 aromatic rings. The average Bonchev–Trinajstić information content (AvgIpc) is 3.51. The molecule has 0 aliphatic rings. The van der Waals surface area contributed by atoms with E-state index in [4.69, 9.17) is 5.48 Å². The Morgan fingerprint density at radius 3 is 1.71 bits per heavy atom. The number of benzene rings is 8. The number of thiophene rings is 1. The molecule has 1 aromatic heterocycles. The molecular formula is C40H24S. The summed E-state index contributed by atoms with van der Waals surface area (Å²) in [4.78, 5) is 0. The van der Waals surface area contributed by atoms with Crippen LogP contribution >= 0.6 is 11.3 Å².